The topological polar surface area (TPSA) is 101 Å². The molecule has 1 amide bonds. The van der Waals surface area contributed by atoms with Crippen LogP contribution < -0.4 is 4.74 Å². The number of Topliss-reactive ketones (excluding diaryl/α,β-unsaturated/α-hetero) is 1. The number of nitrogens with zero attached hydrogens (tertiary/aromatic N) is 1. The summed E-state index contributed by atoms with van der Waals surface area (Å²) in [5, 5.41) is 0. The summed E-state index contributed by atoms with van der Waals surface area (Å²) in [5.41, 5.74) is 0.389. The fraction of sp³-hybridized carbons (Fsp3) is 0.500. The Labute approximate surface area is 179 Å². The van der Waals surface area contributed by atoms with Crippen molar-refractivity contribution in [3.8, 4) is 5.75 Å². The third-order valence-corrected chi connectivity index (χ3v) is 5.71. The average molecular weight is 431 g/mol. The Kier molecular flexibility index (Phi) is 6.41. The molecule has 3 unspecified atom stereocenters. The number of rotatable bonds is 4. The van der Waals surface area contributed by atoms with E-state index in [0.717, 1.165) is 0 Å². The highest BCUT2D eigenvalue weighted by atomic mass is 16.6. The number of hydrogen-bond acceptors (Lipinski definition) is 8. The van der Waals surface area contributed by atoms with Crippen LogP contribution in [0.25, 0.3) is 0 Å². The van der Waals surface area contributed by atoms with E-state index >= 15 is 0 Å². The molecule has 166 valence electrons. The highest BCUT2D eigenvalue weighted by molar-refractivity contribution is 5.96. The molecule has 2 aliphatic heterocycles. The number of carbonyl (C=O) groups is 3. The van der Waals surface area contributed by atoms with Crippen LogP contribution in [0.15, 0.2) is 36.3 Å². The largest absolute Gasteiger partial charge is 0.493 e. The van der Waals surface area contributed by atoms with E-state index < -0.39 is 5.97 Å². The maximum atomic E-state index is 12.9. The predicted molar refractivity (Wildman–Crippen MR) is 106 cm³/mol. The van der Waals surface area contributed by atoms with Crippen molar-refractivity contribution in [1.82, 2.24) is 4.90 Å². The minimum absolute atomic E-state index is 0.121. The number of amides is 1. The summed E-state index contributed by atoms with van der Waals surface area (Å²) in [6.45, 7) is 2.08. The van der Waals surface area contributed by atoms with E-state index in [1.54, 1.807) is 29.2 Å². The molecular weight excluding hydrogens is 406 g/mol. The molecule has 0 N–H and O–H groups in total. The zero-order chi connectivity index (χ0) is 21.8. The molecule has 1 aromatic carbocycles. The van der Waals surface area contributed by atoms with Crippen LogP contribution in [-0.2, 0) is 23.7 Å². The Balaban J connectivity index is 1.33. The van der Waals surface area contributed by atoms with Gasteiger partial charge in [0, 0.05) is 19.5 Å². The number of esters is 1. The molecule has 2 heterocycles. The smallest absolute Gasteiger partial charge is 0.410 e. The lowest BCUT2D eigenvalue weighted by molar-refractivity contribution is -0.132. The highest BCUT2D eigenvalue weighted by Crippen LogP contribution is 2.35. The fourth-order valence-electron chi connectivity index (χ4n) is 3.98. The Morgan fingerprint density at radius 3 is 2.55 bits per heavy atom. The lowest BCUT2D eigenvalue weighted by Gasteiger charge is -2.37. The zero-order valence-corrected chi connectivity index (χ0v) is 17.3. The van der Waals surface area contributed by atoms with Crippen LogP contribution in [-0.4, -0.2) is 68.4 Å². The van der Waals surface area contributed by atoms with E-state index in [2.05, 4.69) is 4.74 Å². The van der Waals surface area contributed by atoms with Gasteiger partial charge in [-0.3, -0.25) is 4.79 Å². The molecule has 0 bridgehead atoms. The third kappa shape index (κ3) is 4.82. The van der Waals surface area contributed by atoms with Gasteiger partial charge in [-0.15, -0.1) is 0 Å². The van der Waals surface area contributed by atoms with Gasteiger partial charge in [0.15, 0.2) is 0 Å². The van der Waals surface area contributed by atoms with Crippen molar-refractivity contribution >= 4 is 17.8 Å². The van der Waals surface area contributed by atoms with Crippen LogP contribution in [0.4, 0.5) is 4.79 Å². The number of methoxy groups -OCH3 is 1. The second kappa shape index (κ2) is 9.38. The molecular formula is C22H25NO8. The molecule has 1 saturated heterocycles. The molecule has 9 heteroatoms. The summed E-state index contributed by atoms with van der Waals surface area (Å²) in [5.74, 6) is -0.381. The first-order valence-corrected chi connectivity index (χ1v) is 10.3. The first-order valence-electron chi connectivity index (χ1n) is 10.3. The van der Waals surface area contributed by atoms with Gasteiger partial charge in [0.05, 0.1) is 31.8 Å². The number of morpholine rings is 1. The fourth-order valence-corrected chi connectivity index (χ4v) is 3.98. The number of benzene rings is 1. The van der Waals surface area contributed by atoms with Crippen molar-refractivity contribution in [1.29, 1.82) is 0 Å². The van der Waals surface area contributed by atoms with Crippen molar-refractivity contribution in [2.24, 2.45) is 5.92 Å². The van der Waals surface area contributed by atoms with Gasteiger partial charge >= 0.3 is 12.1 Å². The third-order valence-electron chi connectivity index (χ3n) is 5.71. The molecule has 0 aromatic heterocycles. The van der Waals surface area contributed by atoms with E-state index in [-0.39, 0.29) is 35.8 Å². The summed E-state index contributed by atoms with van der Waals surface area (Å²) in [7, 11) is 1.31. The number of fused-ring (bicyclic) bond motifs is 1. The summed E-state index contributed by atoms with van der Waals surface area (Å²) >= 11 is 0. The van der Waals surface area contributed by atoms with Gasteiger partial charge in [0.1, 0.15) is 24.2 Å². The normalized spacial score (nSPS) is 25.6. The van der Waals surface area contributed by atoms with Crippen LogP contribution >= 0.6 is 0 Å². The van der Waals surface area contributed by atoms with E-state index in [1.165, 1.54) is 13.4 Å². The van der Waals surface area contributed by atoms with Gasteiger partial charge in [-0.1, -0.05) is 0 Å². The Hall–Kier alpha value is -3.07. The molecule has 3 aliphatic rings. The van der Waals surface area contributed by atoms with Crippen LogP contribution in [0, 0.1) is 5.92 Å². The van der Waals surface area contributed by atoms with E-state index in [9.17, 15) is 14.4 Å². The standard InChI is InChI=1S/C22H25NO8/c1-27-21(25)14-2-4-15(5-3-14)30-19-13-29-18-12-16(6-7-17(18)20(19)24)31-22(26)23-8-10-28-11-9-23/h2-5,13,16-18H,6-12H2,1H3. The van der Waals surface area contributed by atoms with Crippen molar-refractivity contribution < 1.29 is 38.1 Å². The zero-order valence-electron chi connectivity index (χ0n) is 17.3. The molecule has 3 atom stereocenters. The Morgan fingerprint density at radius 2 is 1.84 bits per heavy atom. The van der Waals surface area contributed by atoms with Crippen molar-refractivity contribution in [2.45, 2.75) is 31.5 Å². The molecule has 31 heavy (non-hydrogen) atoms. The van der Waals surface area contributed by atoms with Crippen LogP contribution in [0.5, 0.6) is 5.75 Å². The molecule has 1 saturated carbocycles. The average Bonchev–Trinajstić information content (AvgIpc) is 2.81. The predicted octanol–water partition coefficient (Wildman–Crippen LogP) is 2.30. The van der Waals surface area contributed by atoms with Gasteiger partial charge in [-0.05, 0) is 37.1 Å². The lowest BCUT2D eigenvalue weighted by Crippen LogP contribution is -2.46. The number of carbonyl (C=O) groups excluding carboxylic acids is 3. The molecule has 4 rings (SSSR count). The Morgan fingerprint density at radius 1 is 1.10 bits per heavy atom. The van der Waals surface area contributed by atoms with E-state index in [0.29, 0.717) is 56.9 Å². The minimum atomic E-state index is -0.447. The van der Waals surface area contributed by atoms with Gasteiger partial charge < -0.3 is 28.6 Å². The van der Waals surface area contributed by atoms with Crippen LogP contribution in [0.3, 0.4) is 0 Å². The van der Waals surface area contributed by atoms with Crippen molar-refractivity contribution in [2.75, 3.05) is 33.4 Å². The molecule has 1 aromatic rings. The SMILES string of the molecule is COC(=O)c1ccc(OC2=COC3CC(OC(=O)N4CCOCC4)CCC3C2=O)cc1. The summed E-state index contributed by atoms with van der Waals surface area (Å²) in [6.07, 6.45) is 1.95. The highest BCUT2D eigenvalue weighted by Gasteiger charge is 2.42. The second-order valence-electron chi connectivity index (χ2n) is 7.66. The molecule has 9 nitrogen and oxygen atoms in total. The van der Waals surface area contributed by atoms with Gasteiger partial charge in [0.2, 0.25) is 11.5 Å². The Bertz CT molecular complexity index is 859. The number of ketones is 1. The summed E-state index contributed by atoms with van der Waals surface area (Å²) in [4.78, 5) is 38.4. The quantitative estimate of drug-likeness (QED) is 0.670. The number of allylic oxidation sites excluding steroid dienone is 1. The minimum Gasteiger partial charge on any atom is -0.493 e. The molecule has 0 spiro atoms. The van der Waals surface area contributed by atoms with E-state index in [4.69, 9.17) is 18.9 Å². The summed E-state index contributed by atoms with van der Waals surface area (Å²) in [6, 6.07) is 6.31. The van der Waals surface area contributed by atoms with Crippen LogP contribution in [0.1, 0.15) is 29.6 Å². The number of ether oxygens (including phenoxy) is 5. The lowest BCUT2D eigenvalue weighted by atomic mass is 9.80. The van der Waals surface area contributed by atoms with Crippen molar-refractivity contribution in [3.05, 3.63) is 41.9 Å². The van der Waals surface area contributed by atoms with Gasteiger partial charge in [-0.25, -0.2) is 9.59 Å². The van der Waals surface area contributed by atoms with Gasteiger partial charge in [-0.2, -0.15) is 0 Å². The van der Waals surface area contributed by atoms with Gasteiger partial charge in [0.25, 0.3) is 0 Å². The first-order chi connectivity index (χ1) is 15.0. The van der Waals surface area contributed by atoms with E-state index in [1.807, 2.05) is 0 Å². The molecule has 2 fully saturated rings. The number of hydrogen-bond donors (Lipinski definition) is 0. The first kappa shape index (κ1) is 21.2. The summed E-state index contributed by atoms with van der Waals surface area (Å²) < 4.78 is 27.0. The second-order valence-corrected chi connectivity index (χ2v) is 7.66. The van der Waals surface area contributed by atoms with Crippen molar-refractivity contribution in [3.63, 3.8) is 0 Å². The monoisotopic (exact) mass is 431 g/mol. The maximum Gasteiger partial charge on any atom is 0.410 e. The molecule has 0 radical (unpaired) electrons. The molecule has 1 aliphatic carbocycles. The maximum absolute atomic E-state index is 12.9. The van der Waals surface area contributed by atoms with Crippen LogP contribution in [0.2, 0.25) is 0 Å².